The molecule has 0 bridgehead atoms. The minimum absolute atomic E-state index is 0.0195. The molecule has 3 aromatic carbocycles. The second-order valence-corrected chi connectivity index (χ2v) is 7.42. The molecule has 0 aliphatic rings. The number of aromatic amines is 1. The second-order valence-electron chi connectivity index (χ2n) is 7.42. The van der Waals surface area contributed by atoms with Crippen LogP contribution in [0.25, 0.3) is 22.1 Å². The van der Waals surface area contributed by atoms with Crippen molar-refractivity contribution in [3.05, 3.63) is 112 Å². The zero-order valence-electron chi connectivity index (χ0n) is 16.6. The van der Waals surface area contributed by atoms with Gasteiger partial charge in [-0.05, 0) is 30.2 Å². The van der Waals surface area contributed by atoms with Gasteiger partial charge in [0.15, 0.2) is 0 Å². The molecule has 30 heavy (non-hydrogen) atoms. The molecule has 0 fully saturated rings. The van der Waals surface area contributed by atoms with Crippen molar-refractivity contribution in [2.24, 2.45) is 0 Å². The van der Waals surface area contributed by atoms with Crippen molar-refractivity contribution in [1.82, 2.24) is 15.3 Å². The Morgan fingerprint density at radius 1 is 0.933 bits per heavy atom. The van der Waals surface area contributed by atoms with Gasteiger partial charge in [-0.15, -0.1) is 0 Å². The zero-order valence-corrected chi connectivity index (χ0v) is 16.6. The summed E-state index contributed by atoms with van der Waals surface area (Å²) in [6.07, 6.45) is 0. The lowest BCUT2D eigenvalue weighted by atomic mass is 9.98. The Bertz CT molecular complexity index is 1370. The number of aromatic nitrogens is 2. The van der Waals surface area contributed by atoms with Gasteiger partial charge in [-0.2, -0.15) is 0 Å². The van der Waals surface area contributed by atoms with Crippen LogP contribution in [0.2, 0.25) is 0 Å². The quantitative estimate of drug-likeness (QED) is 0.446. The van der Waals surface area contributed by atoms with Gasteiger partial charge in [0.05, 0.1) is 12.6 Å². The third-order valence-corrected chi connectivity index (χ3v) is 5.30. The number of rotatable bonds is 5. The number of para-hydroxylation sites is 1. The van der Waals surface area contributed by atoms with Gasteiger partial charge < -0.3 is 9.40 Å². The minimum Gasteiger partial charge on any atom is -0.449 e. The maximum atomic E-state index is 12.6. The van der Waals surface area contributed by atoms with Crippen LogP contribution >= 0.6 is 0 Å². The Hall–Kier alpha value is -3.70. The predicted molar refractivity (Wildman–Crippen MR) is 118 cm³/mol. The first-order valence-corrected chi connectivity index (χ1v) is 9.94. The SMILES string of the molecule is Cc1ccc([C@H](NCc2nc3c(oc4ccccc43)c(=O)[nH]2)c2ccccc2)cc1. The van der Waals surface area contributed by atoms with Crippen molar-refractivity contribution in [2.45, 2.75) is 19.5 Å². The van der Waals surface area contributed by atoms with E-state index in [-0.39, 0.29) is 17.2 Å². The number of fused-ring (bicyclic) bond motifs is 3. The summed E-state index contributed by atoms with van der Waals surface area (Å²) in [6, 6.07) is 26.3. The number of furan rings is 1. The van der Waals surface area contributed by atoms with Crippen molar-refractivity contribution in [3.63, 3.8) is 0 Å². The molecule has 5 heteroatoms. The van der Waals surface area contributed by atoms with Crippen molar-refractivity contribution in [3.8, 4) is 0 Å². The molecule has 2 heterocycles. The van der Waals surface area contributed by atoms with Crippen LogP contribution in [0.4, 0.5) is 0 Å². The number of benzene rings is 3. The van der Waals surface area contributed by atoms with Crippen LogP contribution in [0.3, 0.4) is 0 Å². The van der Waals surface area contributed by atoms with E-state index < -0.39 is 0 Å². The van der Waals surface area contributed by atoms with E-state index in [9.17, 15) is 4.79 Å². The first kappa shape index (κ1) is 18.3. The van der Waals surface area contributed by atoms with Gasteiger partial charge in [0.25, 0.3) is 5.56 Å². The monoisotopic (exact) mass is 395 g/mol. The number of nitrogens with zero attached hydrogens (tertiary/aromatic N) is 1. The van der Waals surface area contributed by atoms with Crippen LogP contribution in [0.5, 0.6) is 0 Å². The van der Waals surface area contributed by atoms with E-state index in [1.54, 1.807) is 0 Å². The lowest BCUT2D eigenvalue weighted by Crippen LogP contribution is -2.24. The molecule has 2 N–H and O–H groups in total. The highest BCUT2D eigenvalue weighted by Gasteiger charge is 2.16. The normalized spacial score (nSPS) is 12.4. The molecule has 0 aliphatic heterocycles. The molecular weight excluding hydrogens is 374 g/mol. The summed E-state index contributed by atoms with van der Waals surface area (Å²) in [6.45, 7) is 2.49. The topological polar surface area (TPSA) is 70.9 Å². The lowest BCUT2D eigenvalue weighted by molar-refractivity contribution is 0.585. The number of aryl methyl sites for hydroxylation is 1. The number of nitrogens with one attached hydrogen (secondary N) is 2. The number of hydrogen-bond donors (Lipinski definition) is 2. The molecule has 0 radical (unpaired) electrons. The second kappa shape index (κ2) is 7.61. The van der Waals surface area contributed by atoms with Crippen molar-refractivity contribution in [2.75, 3.05) is 0 Å². The Morgan fingerprint density at radius 3 is 2.43 bits per heavy atom. The van der Waals surface area contributed by atoms with Gasteiger partial charge >= 0.3 is 0 Å². The first-order valence-electron chi connectivity index (χ1n) is 9.94. The lowest BCUT2D eigenvalue weighted by Gasteiger charge is -2.20. The van der Waals surface area contributed by atoms with Crippen LogP contribution in [0.1, 0.15) is 28.6 Å². The molecule has 0 unspecified atom stereocenters. The maximum Gasteiger partial charge on any atom is 0.294 e. The van der Waals surface area contributed by atoms with Gasteiger partial charge in [0.1, 0.15) is 16.9 Å². The Balaban J connectivity index is 1.50. The average molecular weight is 395 g/mol. The molecule has 0 spiro atoms. The van der Waals surface area contributed by atoms with E-state index in [0.717, 1.165) is 16.5 Å². The van der Waals surface area contributed by atoms with Gasteiger partial charge in [0.2, 0.25) is 5.58 Å². The molecule has 5 aromatic rings. The van der Waals surface area contributed by atoms with E-state index in [4.69, 9.17) is 4.42 Å². The highest BCUT2D eigenvalue weighted by Crippen LogP contribution is 2.25. The van der Waals surface area contributed by atoms with Crippen molar-refractivity contribution in [1.29, 1.82) is 0 Å². The van der Waals surface area contributed by atoms with Crippen LogP contribution in [-0.2, 0) is 6.54 Å². The van der Waals surface area contributed by atoms with Crippen LogP contribution < -0.4 is 10.9 Å². The first-order chi connectivity index (χ1) is 14.7. The molecule has 5 nitrogen and oxygen atoms in total. The van der Waals surface area contributed by atoms with E-state index in [2.05, 4.69) is 58.6 Å². The summed E-state index contributed by atoms with van der Waals surface area (Å²) in [5.41, 5.74) is 4.78. The third-order valence-electron chi connectivity index (χ3n) is 5.30. The Kier molecular flexibility index (Phi) is 4.65. The molecule has 0 aliphatic carbocycles. The zero-order chi connectivity index (χ0) is 20.5. The van der Waals surface area contributed by atoms with Crippen LogP contribution in [-0.4, -0.2) is 9.97 Å². The van der Waals surface area contributed by atoms with Crippen molar-refractivity contribution < 1.29 is 4.42 Å². The van der Waals surface area contributed by atoms with E-state index in [1.165, 1.54) is 5.56 Å². The minimum atomic E-state index is -0.264. The van der Waals surface area contributed by atoms with Gasteiger partial charge in [-0.25, -0.2) is 4.98 Å². The third kappa shape index (κ3) is 3.40. The summed E-state index contributed by atoms with van der Waals surface area (Å²) in [5, 5.41) is 4.40. The molecule has 0 amide bonds. The fraction of sp³-hybridized carbons (Fsp3) is 0.120. The highest BCUT2D eigenvalue weighted by atomic mass is 16.3. The summed E-state index contributed by atoms with van der Waals surface area (Å²) in [7, 11) is 0. The fourth-order valence-electron chi connectivity index (χ4n) is 3.76. The standard InChI is InChI=1S/C25H21N3O2/c1-16-11-13-18(14-12-16)22(17-7-3-2-4-8-17)26-15-21-27-23-19-9-5-6-10-20(19)30-24(23)25(29)28-21/h2-14,22,26H,15H2,1H3,(H,27,28,29)/t22-/m1/s1. The summed E-state index contributed by atoms with van der Waals surface area (Å²) in [4.78, 5) is 20.1. The smallest absolute Gasteiger partial charge is 0.294 e. The average Bonchev–Trinajstić information content (AvgIpc) is 3.15. The summed E-state index contributed by atoms with van der Waals surface area (Å²) in [5.74, 6) is 0.576. The molecule has 0 saturated heterocycles. The molecule has 5 rings (SSSR count). The largest absolute Gasteiger partial charge is 0.449 e. The van der Waals surface area contributed by atoms with Gasteiger partial charge in [-0.1, -0.05) is 72.3 Å². The number of hydrogen-bond acceptors (Lipinski definition) is 4. The predicted octanol–water partition coefficient (Wildman–Crippen LogP) is 4.86. The molecule has 2 aromatic heterocycles. The summed E-state index contributed by atoms with van der Waals surface area (Å²) < 4.78 is 5.69. The van der Waals surface area contributed by atoms with Crippen LogP contribution in [0.15, 0.2) is 88.1 Å². The van der Waals surface area contributed by atoms with E-state index in [1.807, 2.05) is 42.5 Å². The van der Waals surface area contributed by atoms with Crippen molar-refractivity contribution >= 4 is 22.1 Å². The molecule has 1 atom stereocenters. The van der Waals surface area contributed by atoms with E-state index >= 15 is 0 Å². The molecule has 148 valence electrons. The maximum absolute atomic E-state index is 12.6. The highest BCUT2D eigenvalue weighted by molar-refractivity contribution is 6.01. The fourth-order valence-corrected chi connectivity index (χ4v) is 3.76. The Morgan fingerprint density at radius 2 is 1.63 bits per heavy atom. The van der Waals surface area contributed by atoms with Gasteiger partial charge in [-0.3, -0.25) is 10.1 Å². The Labute approximate surface area is 173 Å². The molecular formula is C25H21N3O2. The van der Waals surface area contributed by atoms with E-state index in [0.29, 0.717) is 23.5 Å². The molecule has 0 saturated carbocycles. The van der Waals surface area contributed by atoms with Crippen LogP contribution in [0, 0.1) is 6.92 Å². The number of H-pyrrole nitrogens is 1. The van der Waals surface area contributed by atoms with Gasteiger partial charge in [0, 0.05) is 5.39 Å². The summed E-state index contributed by atoms with van der Waals surface area (Å²) >= 11 is 0.